The summed E-state index contributed by atoms with van der Waals surface area (Å²) in [4.78, 5) is 10.4. The van der Waals surface area contributed by atoms with Crippen molar-refractivity contribution in [3.05, 3.63) is 33.3 Å². The van der Waals surface area contributed by atoms with Crippen LogP contribution < -0.4 is 10.5 Å². The summed E-state index contributed by atoms with van der Waals surface area (Å²) in [5.41, 5.74) is 5.35. The fourth-order valence-electron chi connectivity index (χ4n) is 1.91. The first-order valence-electron chi connectivity index (χ1n) is 5.41. The monoisotopic (exact) mass is 256 g/mol. The van der Waals surface area contributed by atoms with Gasteiger partial charge in [-0.05, 0) is 37.4 Å². The van der Waals surface area contributed by atoms with E-state index in [4.69, 9.17) is 22.1 Å². The first-order chi connectivity index (χ1) is 8.11. The zero-order valence-corrected chi connectivity index (χ0v) is 9.89. The molecule has 0 spiro atoms. The molecular weight excluding hydrogens is 244 g/mol. The van der Waals surface area contributed by atoms with Gasteiger partial charge in [0.15, 0.2) is 5.75 Å². The first kappa shape index (κ1) is 12.1. The highest BCUT2D eigenvalue weighted by Gasteiger charge is 2.32. The zero-order chi connectivity index (χ0) is 12.4. The molecule has 92 valence electrons. The minimum Gasteiger partial charge on any atom is -0.483 e. The van der Waals surface area contributed by atoms with Crippen LogP contribution >= 0.6 is 11.6 Å². The number of nitrogens with two attached hydrogens (primary N) is 1. The van der Waals surface area contributed by atoms with Crippen LogP contribution in [0.25, 0.3) is 0 Å². The Labute approximate surface area is 104 Å². The highest BCUT2D eigenvalue weighted by Crippen LogP contribution is 2.38. The lowest BCUT2D eigenvalue weighted by molar-refractivity contribution is -0.386. The Morgan fingerprint density at radius 2 is 2.24 bits per heavy atom. The van der Waals surface area contributed by atoms with Crippen LogP contribution in [0.2, 0.25) is 5.02 Å². The third kappa shape index (κ3) is 2.50. The van der Waals surface area contributed by atoms with Gasteiger partial charge in [0, 0.05) is 0 Å². The van der Waals surface area contributed by atoms with Crippen LogP contribution in [0.1, 0.15) is 12.8 Å². The van der Waals surface area contributed by atoms with Crippen molar-refractivity contribution in [2.24, 2.45) is 11.7 Å². The Kier molecular flexibility index (Phi) is 3.49. The van der Waals surface area contributed by atoms with E-state index in [0.717, 1.165) is 12.8 Å². The SMILES string of the molecule is NCC1CC(Oc2cccc(Cl)c2[N+](=O)[O-])C1. The van der Waals surface area contributed by atoms with Gasteiger partial charge in [-0.1, -0.05) is 17.7 Å². The molecule has 0 aliphatic heterocycles. The van der Waals surface area contributed by atoms with E-state index in [1.165, 1.54) is 6.07 Å². The molecule has 1 aromatic rings. The average molecular weight is 257 g/mol. The van der Waals surface area contributed by atoms with Gasteiger partial charge in [0.05, 0.1) is 11.0 Å². The molecule has 1 aliphatic rings. The molecule has 2 N–H and O–H groups in total. The molecule has 1 fully saturated rings. The Hall–Kier alpha value is -1.33. The van der Waals surface area contributed by atoms with Gasteiger partial charge in [-0.3, -0.25) is 10.1 Å². The number of nitrogens with zero attached hydrogens (tertiary/aromatic N) is 1. The van der Waals surface area contributed by atoms with E-state index in [-0.39, 0.29) is 22.6 Å². The summed E-state index contributed by atoms with van der Waals surface area (Å²) in [7, 11) is 0. The number of para-hydroxylation sites is 1. The van der Waals surface area contributed by atoms with Gasteiger partial charge < -0.3 is 10.5 Å². The minimum atomic E-state index is -0.517. The fourth-order valence-corrected chi connectivity index (χ4v) is 2.15. The van der Waals surface area contributed by atoms with Crippen LogP contribution in [-0.4, -0.2) is 17.6 Å². The minimum absolute atomic E-state index is 0.0146. The van der Waals surface area contributed by atoms with Crippen molar-refractivity contribution in [2.45, 2.75) is 18.9 Å². The third-order valence-corrected chi connectivity index (χ3v) is 3.26. The largest absolute Gasteiger partial charge is 0.483 e. The lowest BCUT2D eigenvalue weighted by atomic mass is 9.82. The summed E-state index contributed by atoms with van der Waals surface area (Å²) < 4.78 is 5.57. The molecule has 1 saturated carbocycles. The lowest BCUT2D eigenvalue weighted by Crippen LogP contribution is -2.37. The number of nitro groups is 1. The van der Waals surface area contributed by atoms with Gasteiger partial charge in [-0.25, -0.2) is 0 Å². The summed E-state index contributed by atoms with van der Waals surface area (Å²) in [5.74, 6) is 0.709. The zero-order valence-electron chi connectivity index (χ0n) is 9.14. The summed E-state index contributed by atoms with van der Waals surface area (Å²) in [6, 6.07) is 4.69. The number of nitro benzene ring substituents is 1. The smallest absolute Gasteiger partial charge is 0.329 e. The van der Waals surface area contributed by atoms with Crippen LogP contribution in [0, 0.1) is 16.0 Å². The van der Waals surface area contributed by atoms with E-state index in [1.54, 1.807) is 12.1 Å². The molecule has 1 aliphatic carbocycles. The maximum absolute atomic E-state index is 10.9. The number of hydrogen-bond donors (Lipinski definition) is 1. The maximum Gasteiger partial charge on any atom is 0.329 e. The van der Waals surface area contributed by atoms with Crippen molar-refractivity contribution < 1.29 is 9.66 Å². The molecule has 0 amide bonds. The van der Waals surface area contributed by atoms with Crippen molar-refractivity contribution >= 4 is 17.3 Å². The molecule has 0 atom stereocenters. The van der Waals surface area contributed by atoms with E-state index in [2.05, 4.69) is 0 Å². The van der Waals surface area contributed by atoms with E-state index in [9.17, 15) is 10.1 Å². The van der Waals surface area contributed by atoms with Crippen LogP contribution in [0.4, 0.5) is 5.69 Å². The lowest BCUT2D eigenvalue weighted by Gasteiger charge is -2.34. The number of hydrogen-bond acceptors (Lipinski definition) is 4. The van der Waals surface area contributed by atoms with Gasteiger partial charge in [-0.2, -0.15) is 0 Å². The van der Waals surface area contributed by atoms with Crippen molar-refractivity contribution in [3.8, 4) is 5.75 Å². The fraction of sp³-hybridized carbons (Fsp3) is 0.455. The van der Waals surface area contributed by atoms with Gasteiger partial charge in [-0.15, -0.1) is 0 Å². The quantitative estimate of drug-likeness (QED) is 0.663. The standard InChI is InChI=1S/C11H13ClN2O3/c12-9-2-1-3-10(11(9)14(15)16)17-8-4-7(5-8)6-13/h1-3,7-8H,4-6,13H2. The van der Waals surface area contributed by atoms with Gasteiger partial charge in [0.25, 0.3) is 0 Å². The molecule has 0 aromatic heterocycles. The molecule has 0 saturated heterocycles. The highest BCUT2D eigenvalue weighted by atomic mass is 35.5. The molecule has 17 heavy (non-hydrogen) atoms. The number of rotatable bonds is 4. The Morgan fingerprint density at radius 3 is 2.82 bits per heavy atom. The number of benzene rings is 1. The molecule has 5 nitrogen and oxygen atoms in total. The highest BCUT2D eigenvalue weighted by molar-refractivity contribution is 6.32. The normalized spacial score (nSPS) is 22.9. The van der Waals surface area contributed by atoms with Crippen LogP contribution in [0.5, 0.6) is 5.75 Å². The van der Waals surface area contributed by atoms with Crippen LogP contribution in [0.15, 0.2) is 18.2 Å². The number of halogens is 1. The molecule has 2 rings (SSSR count). The Balaban J connectivity index is 2.11. The molecule has 6 heteroatoms. The molecule has 0 radical (unpaired) electrons. The van der Waals surface area contributed by atoms with E-state index >= 15 is 0 Å². The summed E-state index contributed by atoms with van der Waals surface area (Å²) in [5, 5.41) is 11.0. The van der Waals surface area contributed by atoms with E-state index < -0.39 is 4.92 Å². The van der Waals surface area contributed by atoms with E-state index in [0.29, 0.717) is 12.5 Å². The third-order valence-electron chi connectivity index (χ3n) is 2.95. The van der Waals surface area contributed by atoms with Crippen molar-refractivity contribution in [1.29, 1.82) is 0 Å². The van der Waals surface area contributed by atoms with Crippen LogP contribution in [0.3, 0.4) is 0 Å². The second kappa shape index (κ2) is 4.89. The van der Waals surface area contributed by atoms with Gasteiger partial charge in [0.1, 0.15) is 5.02 Å². The predicted molar refractivity (Wildman–Crippen MR) is 64.3 cm³/mol. The van der Waals surface area contributed by atoms with Crippen molar-refractivity contribution in [2.75, 3.05) is 6.54 Å². The molecule has 0 bridgehead atoms. The second-order valence-electron chi connectivity index (χ2n) is 4.16. The maximum atomic E-state index is 10.9. The molecule has 0 heterocycles. The summed E-state index contributed by atoms with van der Waals surface area (Å²) >= 11 is 5.78. The Bertz CT molecular complexity index is 433. The van der Waals surface area contributed by atoms with Gasteiger partial charge in [0.2, 0.25) is 0 Å². The van der Waals surface area contributed by atoms with E-state index in [1.807, 2.05) is 0 Å². The molecular formula is C11H13ClN2O3. The first-order valence-corrected chi connectivity index (χ1v) is 5.79. The molecule has 1 aromatic carbocycles. The predicted octanol–water partition coefficient (Wildman–Crippen LogP) is 2.36. The topological polar surface area (TPSA) is 78.4 Å². The Morgan fingerprint density at radius 1 is 1.53 bits per heavy atom. The van der Waals surface area contributed by atoms with Crippen molar-refractivity contribution in [1.82, 2.24) is 0 Å². The number of ether oxygens (including phenoxy) is 1. The summed E-state index contributed by atoms with van der Waals surface area (Å²) in [6.07, 6.45) is 1.71. The van der Waals surface area contributed by atoms with Crippen LogP contribution in [-0.2, 0) is 0 Å². The summed E-state index contributed by atoms with van der Waals surface area (Å²) in [6.45, 7) is 0.636. The van der Waals surface area contributed by atoms with Gasteiger partial charge >= 0.3 is 5.69 Å². The van der Waals surface area contributed by atoms with Crippen molar-refractivity contribution in [3.63, 3.8) is 0 Å². The average Bonchev–Trinajstić information content (AvgIpc) is 2.22. The molecule has 0 unspecified atom stereocenters. The second-order valence-corrected chi connectivity index (χ2v) is 4.56.